The summed E-state index contributed by atoms with van der Waals surface area (Å²) in [5.41, 5.74) is 21.6. The summed E-state index contributed by atoms with van der Waals surface area (Å²) in [6.45, 7) is 2.98. The van der Waals surface area contributed by atoms with Crippen molar-refractivity contribution in [2.24, 2.45) is 33.8 Å². The van der Waals surface area contributed by atoms with Crippen LogP contribution in [0.4, 0.5) is 0 Å². The third-order valence-electron chi connectivity index (χ3n) is 4.75. The summed E-state index contributed by atoms with van der Waals surface area (Å²) in [6.07, 6.45) is 0.187. The second-order valence-corrected chi connectivity index (χ2v) is 8.39. The molecule has 4 atom stereocenters. The maximum absolute atomic E-state index is 12.9. The average molecular weight is 503 g/mol. The SMILES string of the molecule is CC(C)CC(N)C(=O)NC(CCC(N)=O)C(=O)NC(CCCN=C(N)N)C(=O)NC(CO)C(=O)O. The van der Waals surface area contributed by atoms with Crippen LogP contribution in [0.15, 0.2) is 4.99 Å². The number of guanidine groups is 1. The lowest BCUT2D eigenvalue weighted by Crippen LogP contribution is -2.57. The Labute approximate surface area is 203 Å². The molecule has 15 heteroatoms. The van der Waals surface area contributed by atoms with Gasteiger partial charge in [-0.2, -0.15) is 0 Å². The monoisotopic (exact) mass is 502 g/mol. The Hall–Kier alpha value is -3.46. The molecule has 200 valence electrons. The molecule has 4 amide bonds. The molecule has 0 saturated carbocycles. The van der Waals surface area contributed by atoms with Gasteiger partial charge in [0.2, 0.25) is 23.6 Å². The molecule has 0 bridgehead atoms. The largest absolute Gasteiger partial charge is 0.480 e. The van der Waals surface area contributed by atoms with E-state index in [4.69, 9.17) is 28.0 Å². The number of carboxylic acid groups (broad SMARTS) is 1. The van der Waals surface area contributed by atoms with Crippen LogP contribution in [0.5, 0.6) is 0 Å². The first-order valence-electron chi connectivity index (χ1n) is 11.1. The standard InChI is InChI=1S/C20H38N8O7/c1-10(2)8-11(21)16(31)26-13(5-6-15(22)30)18(33)27-12(4-3-7-25-20(23)24)17(32)28-14(9-29)19(34)35/h10-14,29H,3-9,21H2,1-2H3,(H2,22,30)(H,26,31)(H,27,33)(H,28,32)(H,34,35)(H4,23,24,25). The summed E-state index contributed by atoms with van der Waals surface area (Å²) in [5, 5.41) is 25.3. The van der Waals surface area contributed by atoms with E-state index in [2.05, 4.69) is 20.9 Å². The fraction of sp³-hybridized carbons (Fsp3) is 0.700. The van der Waals surface area contributed by atoms with Gasteiger partial charge < -0.3 is 49.1 Å². The lowest BCUT2D eigenvalue weighted by atomic mass is 10.0. The second-order valence-electron chi connectivity index (χ2n) is 8.39. The number of amides is 4. The van der Waals surface area contributed by atoms with Crippen molar-refractivity contribution in [2.45, 2.75) is 70.1 Å². The van der Waals surface area contributed by atoms with Crippen molar-refractivity contribution in [3.8, 4) is 0 Å². The molecule has 0 aromatic rings. The molecule has 0 aromatic heterocycles. The zero-order valence-corrected chi connectivity index (χ0v) is 20.0. The van der Waals surface area contributed by atoms with Gasteiger partial charge in [-0.1, -0.05) is 13.8 Å². The predicted octanol–water partition coefficient (Wildman–Crippen LogP) is -3.79. The number of carbonyl (C=O) groups is 5. The highest BCUT2D eigenvalue weighted by molar-refractivity contribution is 5.94. The van der Waals surface area contributed by atoms with Crippen LogP contribution in [-0.4, -0.2) is 83.1 Å². The van der Waals surface area contributed by atoms with E-state index in [9.17, 15) is 29.1 Å². The van der Waals surface area contributed by atoms with Crippen LogP contribution in [0.1, 0.15) is 46.0 Å². The molecule has 0 heterocycles. The third kappa shape index (κ3) is 13.7. The molecule has 0 saturated heterocycles. The summed E-state index contributed by atoms with van der Waals surface area (Å²) in [6, 6.07) is -5.01. The van der Waals surface area contributed by atoms with Crippen LogP contribution in [0.25, 0.3) is 0 Å². The number of hydrogen-bond acceptors (Lipinski definition) is 8. The molecule has 0 radical (unpaired) electrons. The van der Waals surface area contributed by atoms with Gasteiger partial charge in [-0.3, -0.25) is 24.2 Å². The summed E-state index contributed by atoms with van der Waals surface area (Å²) in [4.78, 5) is 64.2. The normalized spacial score (nSPS) is 14.2. The van der Waals surface area contributed by atoms with Crippen LogP contribution in [0, 0.1) is 5.92 Å². The number of nitrogens with one attached hydrogen (secondary N) is 3. The smallest absolute Gasteiger partial charge is 0.328 e. The second kappa shape index (κ2) is 16.2. The molecule has 35 heavy (non-hydrogen) atoms. The molecule has 13 N–H and O–H groups in total. The Morgan fingerprint density at radius 2 is 1.37 bits per heavy atom. The fourth-order valence-electron chi connectivity index (χ4n) is 2.95. The number of nitrogens with zero attached hydrogens (tertiary/aromatic N) is 1. The van der Waals surface area contributed by atoms with Gasteiger partial charge in [-0.15, -0.1) is 0 Å². The van der Waals surface area contributed by atoms with Crippen LogP contribution >= 0.6 is 0 Å². The fourth-order valence-corrected chi connectivity index (χ4v) is 2.95. The lowest BCUT2D eigenvalue weighted by molar-refractivity contribution is -0.143. The Bertz CT molecular complexity index is 771. The van der Waals surface area contributed by atoms with Crippen molar-refractivity contribution in [1.29, 1.82) is 0 Å². The Balaban J connectivity index is 5.58. The summed E-state index contributed by atoms with van der Waals surface area (Å²) in [5.74, 6) is -4.56. The molecular weight excluding hydrogens is 464 g/mol. The minimum Gasteiger partial charge on any atom is -0.480 e. The molecule has 0 spiro atoms. The van der Waals surface area contributed by atoms with E-state index in [1.165, 1.54) is 0 Å². The summed E-state index contributed by atoms with van der Waals surface area (Å²) >= 11 is 0. The molecule has 15 nitrogen and oxygen atoms in total. The first-order chi connectivity index (χ1) is 16.3. The van der Waals surface area contributed by atoms with Gasteiger partial charge in [0, 0.05) is 13.0 Å². The third-order valence-corrected chi connectivity index (χ3v) is 4.75. The van der Waals surface area contributed by atoms with Crippen molar-refractivity contribution < 1.29 is 34.2 Å². The van der Waals surface area contributed by atoms with Crippen molar-refractivity contribution in [3.05, 3.63) is 0 Å². The van der Waals surface area contributed by atoms with Gasteiger partial charge in [0.05, 0.1) is 12.6 Å². The van der Waals surface area contributed by atoms with E-state index < -0.39 is 60.4 Å². The van der Waals surface area contributed by atoms with Crippen LogP contribution in [0.2, 0.25) is 0 Å². The number of rotatable bonds is 17. The first kappa shape index (κ1) is 31.5. The van der Waals surface area contributed by atoms with Gasteiger partial charge in [-0.05, 0) is 31.6 Å². The number of nitrogens with two attached hydrogens (primary N) is 4. The minimum absolute atomic E-state index is 0.00449. The predicted molar refractivity (Wildman–Crippen MR) is 126 cm³/mol. The Morgan fingerprint density at radius 1 is 0.857 bits per heavy atom. The zero-order chi connectivity index (χ0) is 27.1. The van der Waals surface area contributed by atoms with Crippen LogP contribution in [-0.2, 0) is 24.0 Å². The molecule has 0 aliphatic heterocycles. The topological polar surface area (TPSA) is 278 Å². The maximum Gasteiger partial charge on any atom is 0.328 e. The first-order valence-corrected chi connectivity index (χ1v) is 11.1. The van der Waals surface area contributed by atoms with Gasteiger partial charge in [0.25, 0.3) is 0 Å². The van der Waals surface area contributed by atoms with Crippen LogP contribution < -0.4 is 38.9 Å². The van der Waals surface area contributed by atoms with Gasteiger partial charge >= 0.3 is 5.97 Å². The van der Waals surface area contributed by atoms with E-state index >= 15 is 0 Å². The number of aliphatic hydroxyl groups is 1. The van der Waals surface area contributed by atoms with Gasteiger partial charge in [0.1, 0.15) is 18.1 Å². The highest BCUT2D eigenvalue weighted by Crippen LogP contribution is 2.06. The molecule has 4 unspecified atom stereocenters. The van der Waals surface area contributed by atoms with E-state index in [1.54, 1.807) is 0 Å². The van der Waals surface area contributed by atoms with E-state index in [0.29, 0.717) is 6.42 Å². The van der Waals surface area contributed by atoms with Crippen LogP contribution in [0.3, 0.4) is 0 Å². The number of hydrogen-bond donors (Lipinski definition) is 9. The minimum atomic E-state index is -1.60. The van der Waals surface area contributed by atoms with Gasteiger partial charge in [-0.25, -0.2) is 4.79 Å². The highest BCUT2D eigenvalue weighted by atomic mass is 16.4. The number of carbonyl (C=O) groups excluding carboxylic acids is 4. The molecule has 0 fully saturated rings. The highest BCUT2D eigenvalue weighted by Gasteiger charge is 2.30. The summed E-state index contributed by atoms with van der Waals surface area (Å²) in [7, 11) is 0. The zero-order valence-electron chi connectivity index (χ0n) is 20.0. The number of aliphatic imine (C=N–C) groups is 1. The number of aliphatic hydroxyl groups excluding tert-OH is 1. The number of primary amides is 1. The maximum atomic E-state index is 12.9. The molecule has 0 aliphatic rings. The van der Waals surface area contributed by atoms with Crippen molar-refractivity contribution in [2.75, 3.05) is 13.2 Å². The molecule has 0 rings (SSSR count). The van der Waals surface area contributed by atoms with Crippen molar-refractivity contribution >= 4 is 35.6 Å². The average Bonchev–Trinajstić information content (AvgIpc) is 2.75. The lowest BCUT2D eigenvalue weighted by Gasteiger charge is -2.25. The summed E-state index contributed by atoms with van der Waals surface area (Å²) < 4.78 is 0. The quantitative estimate of drug-likeness (QED) is 0.0531. The molecule has 0 aromatic carbocycles. The number of aliphatic carboxylic acids is 1. The van der Waals surface area contributed by atoms with Crippen molar-refractivity contribution in [1.82, 2.24) is 16.0 Å². The van der Waals surface area contributed by atoms with Crippen molar-refractivity contribution in [3.63, 3.8) is 0 Å². The Morgan fingerprint density at radius 3 is 1.83 bits per heavy atom. The molecule has 0 aliphatic carbocycles. The van der Waals surface area contributed by atoms with E-state index in [-0.39, 0.29) is 44.1 Å². The number of carboxylic acids is 1. The Kier molecular flexibility index (Phi) is 14.6. The van der Waals surface area contributed by atoms with E-state index in [0.717, 1.165) is 0 Å². The molecular formula is C20H38N8O7. The van der Waals surface area contributed by atoms with E-state index in [1.807, 2.05) is 13.8 Å². The van der Waals surface area contributed by atoms with Gasteiger partial charge in [0.15, 0.2) is 5.96 Å².